The van der Waals surface area contributed by atoms with Crippen molar-refractivity contribution in [2.24, 2.45) is 11.8 Å². The first kappa shape index (κ1) is 13.6. The topological polar surface area (TPSA) is 42.7 Å². The van der Waals surface area contributed by atoms with Crippen molar-refractivity contribution in [2.45, 2.75) is 39.7 Å². The van der Waals surface area contributed by atoms with Gasteiger partial charge in [0.2, 0.25) is 0 Å². The maximum atomic E-state index is 4.84. The number of nitrogens with zero attached hydrogens (tertiary/aromatic N) is 3. The van der Waals surface area contributed by atoms with Gasteiger partial charge in [0.15, 0.2) is 5.65 Å². The third-order valence-electron chi connectivity index (χ3n) is 4.06. The Kier molecular flexibility index (Phi) is 4.01. The number of imidazole rings is 1. The van der Waals surface area contributed by atoms with Crippen LogP contribution < -0.4 is 5.32 Å². The lowest BCUT2D eigenvalue weighted by molar-refractivity contribution is 0.360. The highest BCUT2D eigenvalue weighted by Gasteiger charge is 2.19. The molecule has 0 amide bonds. The van der Waals surface area contributed by atoms with Gasteiger partial charge in [0.25, 0.3) is 0 Å². The van der Waals surface area contributed by atoms with Crippen LogP contribution in [0.2, 0.25) is 0 Å². The fourth-order valence-electron chi connectivity index (χ4n) is 3.06. The molecule has 2 aromatic heterocycles. The molecule has 0 bridgehead atoms. The van der Waals surface area contributed by atoms with Gasteiger partial charge in [-0.3, -0.25) is 0 Å². The Morgan fingerprint density at radius 3 is 2.90 bits per heavy atom. The van der Waals surface area contributed by atoms with Gasteiger partial charge in [-0.25, -0.2) is 9.97 Å². The van der Waals surface area contributed by atoms with Crippen molar-refractivity contribution in [3.05, 3.63) is 24.2 Å². The summed E-state index contributed by atoms with van der Waals surface area (Å²) in [6.45, 7) is 7.81. The van der Waals surface area contributed by atoms with E-state index in [-0.39, 0.29) is 0 Å². The molecule has 0 unspecified atom stereocenters. The second-order valence-corrected chi connectivity index (χ2v) is 6.28. The van der Waals surface area contributed by atoms with Gasteiger partial charge in [-0.05, 0) is 49.9 Å². The summed E-state index contributed by atoms with van der Waals surface area (Å²) in [5.41, 5.74) is 2.09. The van der Waals surface area contributed by atoms with Crippen LogP contribution in [0.15, 0.2) is 18.3 Å². The van der Waals surface area contributed by atoms with E-state index in [1.165, 1.54) is 18.7 Å². The van der Waals surface area contributed by atoms with Crippen molar-refractivity contribution in [3.8, 4) is 0 Å². The molecule has 2 aromatic rings. The number of nitrogens with one attached hydrogen (secondary N) is 1. The van der Waals surface area contributed by atoms with Gasteiger partial charge in [-0.2, -0.15) is 0 Å². The van der Waals surface area contributed by atoms with Crippen LogP contribution in [0.1, 0.15) is 32.5 Å². The molecule has 0 atom stereocenters. The zero-order valence-corrected chi connectivity index (χ0v) is 12.5. The fourth-order valence-corrected chi connectivity index (χ4v) is 3.06. The summed E-state index contributed by atoms with van der Waals surface area (Å²) in [4.78, 5) is 9.38. The minimum absolute atomic E-state index is 0.612. The molecule has 0 radical (unpaired) electrons. The Balaban J connectivity index is 1.91. The van der Waals surface area contributed by atoms with Crippen LogP contribution >= 0.6 is 0 Å². The molecule has 0 saturated carbocycles. The highest BCUT2D eigenvalue weighted by atomic mass is 15.1. The first-order valence-corrected chi connectivity index (χ1v) is 7.75. The summed E-state index contributed by atoms with van der Waals surface area (Å²) < 4.78 is 2.34. The van der Waals surface area contributed by atoms with Crippen molar-refractivity contribution >= 4 is 11.2 Å². The van der Waals surface area contributed by atoms with Crippen LogP contribution in [0, 0.1) is 11.8 Å². The number of hydrogen-bond donors (Lipinski definition) is 1. The molecular weight excluding hydrogens is 248 g/mol. The molecular formula is C16H24N4. The van der Waals surface area contributed by atoms with E-state index >= 15 is 0 Å². The van der Waals surface area contributed by atoms with Gasteiger partial charge < -0.3 is 9.88 Å². The van der Waals surface area contributed by atoms with E-state index in [9.17, 15) is 0 Å². The second kappa shape index (κ2) is 5.92. The molecule has 1 aliphatic heterocycles. The molecule has 1 fully saturated rings. The van der Waals surface area contributed by atoms with Crippen molar-refractivity contribution < 1.29 is 0 Å². The Morgan fingerprint density at radius 1 is 1.35 bits per heavy atom. The van der Waals surface area contributed by atoms with E-state index in [0.29, 0.717) is 5.92 Å². The molecule has 0 aliphatic carbocycles. The number of hydrogen-bond acceptors (Lipinski definition) is 3. The van der Waals surface area contributed by atoms with E-state index in [1.54, 1.807) is 0 Å². The predicted molar refractivity (Wildman–Crippen MR) is 81.7 cm³/mol. The average molecular weight is 272 g/mol. The van der Waals surface area contributed by atoms with Gasteiger partial charge in [0.05, 0.1) is 0 Å². The van der Waals surface area contributed by atoms with Gasteiger partial charge >= 0.3 is 0 Å². The lowest BCUT2D eigenvalue weighted by Crippen LogP contribution is -2.29. The van der Waals surface area contributed by atoms with E-state index in [1.807, 2.05) is 12.3 Å². The molecule has 1 N–H and O–H groups in total. The second-order valence-electron chi connectivity index (χ2n) is 6.28. The molecule has 4 nitrogen and oxygen atoms in total. The number of fused-ring (bicyclic) bond motifs is 1. The highest BCUT2D eigenvalue weighted by molar-refractivity contribution is 5.71. The Morgan fingerprint density at radius 2 is 2.15 bits per heavy atom. The zero-order valence-electron chi connectivity index (χ0n) is 12.5. The molecule has 3 rings (SSSR count). The molecule has 4 heteroatoms. The molecule has 3 heterocycles. The summed E-state index contributed by atoms with van der Waals surface area (Å²) in [6, 6.07) is 4.05. The zero-order chi connectivity index (χ0) is 13.9. The lowest BCUT2D eigenvalue weighted by Gasteiger charge is -2.22. The smallest absolute Gasteiger partial charge is 0.159 e. The van der Waals surface area contributed by atoms with Gasteiger partial charge in [0.1, 0.15) is 11.3 Å². The van der Waals surface area contributed by atoms with Crippen molar-refractivity contribution in [1.82, 2.24) is 19.9 Å². The normalized spacial score (nSPS) is 17.1. The third kappa shape index (κ3) is 2.85. The number of aromatic nitrogens is 3. The minimum atomic E-state index is 0.612. The predicted octanol–water partition coefficient (Wildman–Crippen LogP) is 2.63. The van der Waals surface area contributed by atoms with E-state index < -0.39 is 0 Å². The van der Waals surface area contributed by atoms with Crippen LogP contribution in [0.5, 0.6) is 0 Å². The molecule has 1 aliphatic rings. The monoisotopic (exact) mass is 272 g/mol. The first-order valence-electron chi connectivity index (χ1n) is 7.75. The van der Waals surface area contributed by atoms with Crippen molar-refractivity contribution in [3.63, 3.8) is 0 Å². The minimum Gasteiger partial charge on any atom is -0.317 e. The van der Waals surface area contributed by atoms with Crippen LogP contribution in [0.25, 0.3) is 11.2 Å². The van der Waals surface area contributed by atoms with E-state index in [0.717, 1.165) is 43.1 Å². The fraction of sp³-hybridized carbons (Fsp3) is 0.625. The lowest BCUT2D eigenvalue weighted by atomic mass is 9.94. The number of piperidine rings is 1. The summed E-state index contributed by atoms with van der Waals surface area (Å²) in [5, 5.41) is 3.43. The summed E-state index contributed by atoms with van der Waals surface area (Å²) in [5.74, 6) is 2.60. The Labute approximate surface area is 120 Å². The van der Waals surface area contributed by atoms with Crippen molar-refractivity contribution in [1.29, 1.82) is 0 Å². The van der Waals surface area contributed by atoms with Gasteiger partial charge in [0, 0.05) is 19.2 Å². The SMILES string of the molecule is CC(C)Cn1c(CC2CCNCC2)nc2cccnc21. The maximum Gasteiger partial charge on any atom is 0.159 e. The number of pyridine rings is 1. The Hall–Kier alpha value is -1.42. The summed E-state index contributed by atoms with van der Waals surface area (Å²) in [7, 11) is 0. The molecule has 1 saturated heterocycles. The summed E-state index contributed by atoms with van der Waals surface area (Å²) in [6.07, 6.45) is 5.48. The van der Waals surface area contributed by atoms with Crippen LogP contribution in [-0.2, 0) is 13.0 Å². The first-order chi connectivity index (χ1) is 9.74. The molecule has 108 valence electrons. The van der Waals surface area contributed by atoms with Gasteiger partial charge in [-0.15, -0.1) is 0 Å². The highest BCUT2D eigenvalue weighted by Crippen LogP contribution is 2.22. The molecule has 0 spiro atoms. The quantitative estimate of drug-likeness (QED) is 0.930. The maximum absolute atomic E-state index is 4.84. The van der Waals surface area contributed by atoms with Gasteiger partial charge in [-0.1, -0.05) is 13.8 Å². The molecule has 20 heavy (non-hydrogen) atoms. The largest absolute Gasteiger partial charge is 0.317 e. The van der Waals surface area contributed by atoms with Crippen molar-refractivity contribution in [2.75, 3.05) is 13.1 Å². The van der Waals surface area contributed by atoms with E-state index in [2.05, 4.69) is 34.8 Å². The third-order valence-corrected chi connectivity index (χ3v) is 4.06. The van der Waals surface area contributed by atoms with Crippen LogP contribution in [0.3, 0.4) is 0 Å². The van der Waals surface area contributed by atoms with E-state index in [4.69, 9.17) is 4.98 Å². The standard InChI is InChI=1S/C16H24N4/c1-12(2)11-20-15(10-13-5-8-17-9-6-13)19-14-4-3-7-18-16(14)20/h3-4,7,12-13,17H,5-6,8-11H2,1-2H3. The number of rotatable bonds is 4. The Bertz CT molecular complexity index is 567. The average Bonchev–Trinajstić information content (AvgIpc) is 2.78. The van der Waals surface area contributed by atoms with Crippen LogP contribution in [0.4, 0.5) is 0 Å². The summed E-state index contributed by atoms with van der Waals surface area (Å²) >= 11 is 0. The van der Waals surface area contributed by atoms with Crippen LogP contribution in [-0.4, -0.2) is 27.6 Å². The molecule has 0 aromatic carbocycles.